The van der Waals surface area contributed by atoms with Crippen LogP contribution >= 0.6 is 0 Å². The lowest BCUT2D eigenvalue weighted by molar-refractivity contribution is -0.121. The van der Waals surface area contributed by atoms with Gasteiger partial charge >= 0.3 is 0 Å². The molecule has 1 unspecified atom stereocenters. The van der Waals surface area contributed by atoms with Crippen molar-refractivity contribution in [3.8, 4) is 11.5 Å². The molecule has 1 fully saturated rings. The van der Waals surface area contributed by atoms with E-state index in [0.717, 1.165) is 6.42 Å². The highest BCUT2D eigenvalue weighted by molar-refractivity contribution is 7.90. The van der Waals surface area contributed by atoms with Crippen LogP contribution in [0.4, 0.5) is 5.69 Å². The van der Waals surface area contributed by atoms with Gasteiger partial charge in [-0.3, -0.25) is 4.79 Å². The Morgan fingerprint density at radius 1 is 1.13 bits per heavy atom. The van der Waals surface area contributed by atoms with Gasteiger partial charge in [0.15, 0.2) is 5.84 Å². The summed E-state index contributed by atoms with van der Waals surface area (Å²) in [6, 6.07) is 12.0. The maximum atomic E-state index is 12.9. The average molecular weight is 429 g/mol. The minimum atomic E-state index is -3.69. The molecule has 2 aromatic rings. The number of rotatable bonds is 4. The van der Waals surface area contributed by atoms with Crippen molar-refractivity contribution in [1.82, 2.24) is 4.90 Å². The quantitative estimate of drug-likeness (QED) is 0.802. The highest BCUT2D eigenvalue weighted by Gasteiger charge is 2.35. The number of sulfonamides is 1. The standard InChI is InChI=1S/C21H23N3O5S/c1-28-16-10-15(11-17(12-16)29-2)22-21(25)14-6-5-9-24(13-14)20-18-7-3-4-8-19(18)30(26,27)23-20/h3-4,7-8,10-12,14H,5-6,9,13H2,1-2H3,(H,22,25). The van der Waals surface area contributed by atoms with Crippen LogP contribution in [0.3, 0.4) is 0 Å². The summed E-state index contributed by atoms with van der Waals surface area (Å²) in [7, 11) is -0.589. The first kappa shape index (κ1) is 20.2. The zero-order valence-corrected chi connectivity index (χ0v) is 17.6. The smallest absolute Gasteiger partial charge is 0.285 e. The lowest BCUT2D eigenvalue weighted by Crippen LogP contribution is -2.43. The number of amides is 1. The minimum absolute atomic E-state index is 0.134. The fourth-order valence-corrected chi connectivity index (χ4v) is 5.05. The Labute approximate surface area is 175 Å². The van der Waals surface area contributed by atoms with E-state index in [1.54, 1.807) is 56.7 Å². The number of fused-ring (bicyclic) bond motifs is 1. The second-order valence-corrected chi connectivity index (χ2v) is 8.83. The van der Waals surface area contributed by atoms with E-state index in [2.05, 4.69) is 9.71 Å². The lowest BCUT2D eigenvalue weighted by Gasteiger charge is -2.33. The topological polar surface area (TPSA) is 97.3 Å². The molecule has 2 aliphatic heterocycles. The second-order valence-electron chi connectivity index (χ2n) is 7.26. The van der Waals surface area contributed by atoms with Crippen LogP contribution in [0, 0.1) is 5.92 Å². The first-order chi connectivity index (χ1) is 14.4. The molecule has 30 heavy (non-hydrogen) atoms. The summed E-state index contributed by atoms with van der Waals surface area (Å²) in [6.45, 7) is 1.05. The molecular formula is C21H23N3O5S. The predicted octanol–water partition coefficient (Wildman–Crippen LogP) is 2.50. The SMILES string of the molecule is COc1cc(NC(=O)C2CCCN(C3=NS(=O)(=O)c4ccccc43)C2)cc(OC)c1. The van der Waals surface area contributed by atoms with Crippen molar-refractivity contribution in [1.29, 1.82) is 0 Å². The van der Waals surface area contributed by atoms with Crippen LogP contribution in [-0.2, 0) is 14.8 Å². The summed E-state index contributed by atoms with van der Waals surface area (Å²) < 4.78 is 39.2. The number of nitrogens with one attached hydrogen (secondary N) is 1. The molecule has 8 nitrogen and oxygen atoms in total. The Kier molecular flexibility index (Phi) is 5.38. The van der Waals surface area contributed by atoms with Crippen LogP contribution in [0.25, 0.3) is 0 Å². The van der Waals surface area contributed by atoms with Gasteiger partial charge in [-0.05, 0) is 25.0 Å². The third-order valence-electron chi connectivity index (χ3n) is 5.32. The number of anilines is 1. The molecule has 0 aromatic heterocycles. The lowest BCUT2D eigenvalue weighted by atomic mass is 9.96. The van der Waals surface area contributed by atoms with Gasteiger partial charge in [-0.15, -0.1) is 4.40 Å². The van der Waals surface area contributed by atoms with Gasteiger partial charge in [0, 0.05) is 42.5 Å². The number of likely N-dealkylation sites (tertiary alicyclic amines) is 1. The van der Waals surface area contributed by atoms with Crippen molar-refractivity contribution in [2.24, 2.45) is 10.3 Å². The Morgan fingerprint density at radius 3 is 2.53 bits per heavy atom. The van der Waals surface area contributed by atoms with E-state index >= 15 is 0 Å². The molecular weight excluding hydrogens is 406 g/mol. The Bertz CT molecular complexity index is 1090. The van der Waals surface area contributed by atoms with Gasteiger partial charge in [0.25, 0.3) is 10.0 Å². The van der Waals surface area contributed by atoms with Crippen LogP contribution in [0.1, 0.15) is 18.4 Å². The van der Waals surface area contributed by atoms with Crippen molar-refractivity contribution in [3.05, 3.63) is 48.0 Å². The van der Waals surface area contributed by atoms with Gasteiger partial charge in [-0.2, -0.15) is 8.42 Å². The summed E-state index contributed by atoms with van der Waals surface area (Å²) >= 11 is 0. The van der Waals surface area contributed by atoms with Crippen molar-refractivity contribution >= 4 is 27.5 Å². The van der Waals surface area contributed by atoms with E-state index in [4.69, 9.17) is 9.47 Å². The molecule has 0 radical (unpaired) electrons. The maximum Gasteiger partial charge on any atom is 0.285 e. The number of hydrogen-bond acceptors (Lipinski definition) is 6. The molecule has 0 saturated carbocycles. The summed E-state index contributed by atoms with van der Waals surface area (Å²) in [6.07, 6.45) is 1.48. The summed E-state index contributed by atoms with van der Waals surface area (Å²) in [4.78, 5) is 15.0. The Balaban J connectivity index is 1.52. The molecule has 2 aromatic carbocycles. The van der Waals surface area contributed by atoms with Crippen LogP contribution in [0.5, 0.6) is 11.5 Å². The number of benzene rings is 2. The number of nitrogens with zero attached hydrogens (tertiary/aromatic N) is 2. The number of amidine groups is 1. The van der Waals surface area contributed by atoms with E-state index in [0.29, 0.717) is 48.1 Å². The van der Waals surface area contributed by atoms with Gasteiger partial charge in [-0.1, -0.05) is 12.1 Å². The molecule has 4 rings (SSSR count). The summed E-state index contributed by atoms with van der Waals surface area (Å²) in [5.41, 5.74) is 1.18. The van der Waals surface area contributed by atoms with Crippen LogP contribution < -0.4 is 14.8 Å². The molecule has 1 atom stereocenters. The van der Waals surface area contributed by atoms with E-state index in [1.807, 2.05) is 4.90 Å². The van der Waals surface area contributed by atoms with Gasteiger partial charge < -0.3 is 19.7 Å². The van der Waals surface area contributed by atoms with E-state index in [1.165, 1.54) is 0 Å². The molecule has 158 valence electrons. The second kappa shape index (κ2) is 7.98. The van der Waals surface area contributed by atoms with Crippen molar-refractivity contribution in [2.75, 3.05) is 32.6 Å². The third kappa shape index (κ3) is 3.85. The fourth-order valence-electron chi connectivity index (χ4n) is 3.82. The monoisotopic (exact) mass is 429 g/mol. The largest absolute Gasteiger partial charge is 0.497 e. The minimum Gasteiger partial charge on any atom is -0.497 e. The average Bonchev–Trinajstić information content (AvgIpc) is 3.04. The number of piperidine rings is 1. The first-order valence-electron chi connectivity index (χ1n) is 9.64. The van der Waals surface area contributed by atoms with E-state index in [-0.39, 0.29) is 16.7 Å². The number of hydrogen-bond donors (Lipinski definition) is 1. The third-order valence-corrected chi connectivity index (χ3v) is 6.65. The van der Waals surface area contributed by atoms with Gasteiger partial charge in [0.2, 0.25) is 5.91 Å². The van der Waals surface area contributed by atoms with Gasteiger partial charge in [0.05, 0.1) is 20.1 Å². The van der Waals surface area contributed by atoms with E-state index < -0.39 is 10.0 Å². The molecule has 1 saturated heterocycles. The maximum absolute atomic E-state index is 12.9. The molecule has 0 aliphatic carbocycles. The van der Waals surface area contributed by atoms with Gasteiger partial charge in [0.1, 0.15) is 16.4 Å². The van der Waals surface area contributed by atoms with Crippen LogP contribution in [0.2, 0.25) is 0 Å². The van der Waals surface area contributed by atoms with Crippen molar-refractivity contribution < 1.29 is 22.7 Å². The van der Waals surface area contributed by atoms with Crippen LogP contribution in [0.15, 0.2) is 51.8 Å². The zero-order chi connectivity index (χ0) is 21.3. The Morgan fingerprint density at radius 2 is 1.83 bits per heavy atom. The number of carbonyl (C=O) groups is 1. The molecule has 1 amide bonds. The van der Waals surface area contributed by atoms with E-state index in [9.17, 15) is 13.2 Å². The first-order valence-corrected chi connectivity index (χ1v) is 11.1. The number of carbonyl (C=O) groups excluding carboxylic acids is 1. The zero-order valence-electron chi connectivity index (χ0n) is 16.8. The number of ether oxygens (including phenoxy) is 2. The van der Waals surface area contributed by atoms with Crippen molar-refractivity contribution in [3.63, 3.8) is 0 Å². The molecule has 9 heteroatoms. The normalized spacial score (nSPS) is 19.6. The summed E-state index contributed by atoms with van der Waals surface area (Å²) in [5, 5.41) is 2.92. The number of methoxy groups -OCH3 is 2. The highest BCUT2D eigenvalue weighted by Crippen LogP contribution is 2.31. The molecule has 0 spiro atoms. The molecule has 2 aliphatic rings. The molecule has 2 heterocycles. The Hall–Kier alpha value is -3.07. The highest BCUT2D eigenvalue weighted by atomic mass is 32.2. The predicted molar refractivity (Wildman–Crippen MR) is 113 cm³/mol. The molecule has 0 bridgehead atoms. The van der Waals surface area contributed by atoms with Crippen molar-refractivity contribution in [2.45, 2.75) is 17.7 Å². The molecule has 1 N–H and O–H groups in total. The summed E-state index contributed by atoms with van der Waals surface area (Å²) in [5.74, 6) is 1.15. The fraction of sp³-hybridized carbons (Fsp3) is 0.333. The van der Waals surface area contributed by atoms with Crippen LogP contribution in [-0.4, -0.2) is 52.4 Å². The van der Waals surface area contributed by atoms with Gasteiger partial charge in [-0.25, -0.2) is 0 Å².